The molecule has 2 aromatic carbocycles. The van der Waals surface area contributed by atoms with E-state index in [-0.39, 0.29) is 0 Å². The number of hydrogen-bond donors (Lipinski definition) is 1. The highest BCUT2D eigenvalue weighted by atomic mass is 14.7. The summed E-state index contributed by atoms with van der Waals surface area (Å²) >= 11 is 0. The Bertz CT molecular complexity index is 1100. The van der Waals surface area contributed by atoms with E-state index in [1.165, 1.54) is 44.5 Å². The molecule has 0 saturated carbocycles. The summed E-state index contributed by atoms with van der Waals surface area (Å²) in [4.78, 5) is 3.65. The summed E-state index contributed by atoms with van der Waals surface area (Å²) in [6.45, 7) is 19.4. The largest absolute Gasteiger partial charge is 0.358 e. The molecule has 0 aliphatic heterocycles. The van der Waals surface area contributed by atoms with E-state index in [4.69, 9.17) is 0 Å². The Morgan fingerprint density at radius 2 is 1.63 bits per heavy atom. The normalized spacial score (nSPS) is 11.6. The van der Waals surface area contributed by atoms with Crippen molar-refractivity contribution in [3.8, 4) is 11.1 Å². The molecule has 3 rings (SSSR count). The Balaban J connectivity index is 2.29. The van der Waals surface area contributed by atoms with Crippen molar-refractivity contribution < 1.29 is 0 Å². The molecule has 0 radical (unpaired) electrons. The first-order chi connectivity index (χ1) is 14.3. The summed E-state index contributed by atoms with van der Waals surface area (Å²) < 4.78 is 0. The number of aromatic amines is 1. The third-order valence-corrected chi connectivity index (χ3v) is 5.64. The second-order valence-corrected chi connectivity index (χ2v) is 8.29. The molecular formula is C29H33N. The number of benzene rings is 2. The average Bonchev–Trinajstić information content (AvgIpc) is 3.03. The van der Waals surface area contributed by atoms with Crippen LogP contribution in [-0.4, -0.2) is 4.98 Å². The van der Waals surface area contributed by atoms with Crippen molar-refractivity contribution in [3.63, 3.8) is 0 Å². The third kappa shape index (κ3) is 4.41. The van der Waals surface area contributed by atoms with E-state index in [0.717, 1.165) is 29.8 Å². The first-order valence-electron chi connectivity index (χ1n) is 10.7. The monoisotopic (exact) mass is 395 g/mol. The smallest absolute Gasteiger partial charge is 0.0474 e. The van der Waals surface area contributed by atoms with Gasteiger partial charge in [0, 0.05) is 22.5 Å². The van der Waals surface area contributed by atoms with Crippen LogP contribution in [0.25, 0.3) is 28.3 Å². The minimum Gasteiger partial charge on any atom is -0.358 e. The Hall–Kier alpha value is -3.06. The van der Waals surface area contributed by atoms with Crippen molar-refractivity contribution in [2.24, 2.45) is 0 Å². The van der Waals surface area contributed by atoms with Crippen LogP contribution in [0.15, 0.2) is 67.3 Å². The van der Waals surface area contributed by atoms with Gasteiger partial charge < -0.3 is 4.98 Å². The fraction of sp³-hybridized carbons (Fsp3) is 0.241. The summed E-state index contributed by atoms with van der Waals surface area (Å²) in [5.74, 6) is 0. The van der Waals surface area contributed by atoms with Gasteiger partial charge in [-0.25, -0.2) is 0 Å². The molecule has 0 aliphatic carbocycles. The lowest BCUT2D eigenvalue weighted by atomic mass is 9.90. The van der Waals surface area contributed by atoms with E-state index in [0.29, 0.717) is 0 Å². The number of nitrogens with one attached hydrogen (secondary N) is 1. The minimum absolute atomic E-state index is 0.979. The number of H-pyrrole nitrogens is 1. The van der Waals surface area contributed by atoms with Crippen molar-refractivity contribution in [1.82, 2.24) is 4.98 Å². The van der Waals surface area contributed by atoms with Gasteiger partial charge in [0.05, 0.1) is 0 Å². The molecule has 0 amide bonds. The van der Waals surface area contributed by atoms with Gasteiger partial charge in [-0.3, -0.25) is 0 Å². The number of aryl methyl sites for hydroxylation is 3. The Morgan fingerprint density at radius 3 is 2.23 bits per heavy atom. The Kier molecular flexibility index (Phi) is 6.62. The van der Waals surface area contributed by atoms with Crippen LogP contribution in [0.3, 0.4) is 0 Å². The summed E-state index contributed by atoms with van der Waals surface area (Å²) in [7, 11) is 0. The van der Waals surface area contributed by atoms with Crippen LogP contribution in [0.2, 0.25) is 0 Å². The van der Waals surface area contributed by atoms with Crippen LogP contribution in [0.5, 0.6) is 0 Å². The van der Waals surface area contributed by atoms with Gasteiger partial charge in [-0.15, -0.1) is 0 Å². The third-order valence-electron chi connectivity index (χ3n) is 5.64. The SMILES string of the molecule is C=C(CCC)/C(=C\c1[nH]c(C)c(C(=C)C)c1-c1ccc(C)cc1)c1ccccc1C. The highest BCUT2D eigenvalue weighted by Crippen LogP contribution is 2.38. The number of allylic oxidation sites excluding steroid dienone is 3. The molecule has 0 aliphatic rings. The molecule has 1 heterocycles. The zero-order chi connectivity index (χ0) is 21.8. The molecule has 0 bridgehead atoms. The zero-order valence-electron chi connectivity index (χ0n) is 19.0. The maximum absolute atomic E-state index is 4.44. The van der Waals surface area contributed by atoms with Gasteiger partial charge in [-0.05, 0) is 73.6 Å². The number of hydrogen-bond acceptors (Lipinski definition) is 0. The molecule has 1 heteroatoms. The highest BCUT2D eigenvalue weighted by Gasteiger charge is 2.18. The fourth-order valence-corrected chi connectivity index (χ4v) is 4.14. The standard InChI is InChI=1S/C29H33N/c1-8-11-21(5)26(25-13-10-9-12-22(25)6)18-27-29(24-16-14-20(4)15-17-24)28(19(2)3)23(7)30-27/h9-10,12-18,30H,2,5,8,11H2,1,3-4,6-7H3/b26-18+. The molecule has 30 heavy (non-hydrogen) atoms. The first-order valence-corrected chi connectivity index (χ1v) is 10.7. The second-order valence-electron chi connectivity index (χ2n) is 8.29. The molecule has 3 aromatic rings. The van der Waals surface area contributed by atoms with Crippen molar-refractivity contribution in [1.29, 1.82) is 0 Å². The lowest BCUT2D eigenvalue weighted by Gasteiger charge is -2.14. The Morgan fingerprint density at radius 1 is 0.967 bits per heavy atom. The van der Waals surface area contributed by atoms with E-state index in [1.54, 1.807) is 0 Å². The predicted octanol–water partition coefficient (Wildman–Crippen LogP) is 8.54. The topological polar surface area (TPSA) is 15.8 Å². The van der Waals surface area contributed by atoms with E-state index >= 15 is 0 Å². The lowest BCUT2D eigenvalue weighted by molar-refractivity contribution is 0.934. The van der Waals surface area contributed by atoms with Crippen molar-refractivity contribution in [2.45, 2.75) is 47.5 Å². The van der Waals surface area contributed by atoms with Crippen LogP contribution in [-0.2, 0) is 0 Å². The predicted molar refractivity (Wildman–Crippen MR) is 134 cm³/mol. The quantitative estimate of drug-likeness (QED) is 0.386. The van der Waals surface area contributed by atoms with Crippen LogP contribution in [0.4, 0.5) is 0 Å². The van der Waals surface area contributed by atoms with Gasteiger partial charge in [-0.2, -0.15) is 0 Å². The fourth-order valence-electron chi connectivity index (χ4n) is 4.14. The van der Waals surface area contributed by atoms with Crippen molar-refractivity contribution in [3.05, 3.63) is 101 Å². The molecule has 0 atom stereocenters. The van der Waals surface area contributed by atoms with Crippen LogP contribution in [0.1, 0.15) is 60.3 Å². The molecule has 0 spiro atoms. The lowest BCUT2D eigenvalue weighted by Crippen LogP contribution is -1.94. The maximum Gasteiger partial charge on any atom is 0.0474 e. The van der Waals surface area contributed by atoms with E-state index in [1.807, 2.05) is 0 Å². The van der Waals surface area contributed by atoms with Gasteiger partial charge in [0.2, 0.25) is 0 Å². The molecule has 1 aromatic heterocycles. The molecular weight excluding hydrogens is 362 g/mol. The summed E-state index contributed by atoms with van der Waals surface area (Å²) in [6, 6.07) is 17.3. The number of rotatable bonds is 7. The van der Waals surface area contributed by atoms with Gasteiger partial charge in [0.25, 0.3) is 0 Å². The molecule has 0 fully saturated rings. The average molecular weight is 396 g/mol. The molecule has 0 unspecified atom stereocenters. The van der Waals surface area contributed by atoms with Crippen LogP contribution >= 0.6 is 0 Å². The Labute approximate surface area is 181 Å². The molecule has 154 valence electrons. The molecule has 1 N–H and O–H groups in total. The number of aromatic nitrogens is 1. The molecule has 1 nitrogen and oxygen atoms in total. The van der Waals surface area contributed by atoms with Crippen molar-refractivity contribution >= 4 is 17.2 Å². The highest BCUT2D eigenvalue weighted by molar-refractivity contribution is 5.96. The summed E-state index contributed by atoms with van der Waals surface area (Å²) in [6.07, 6.45) is 4.34. The zero-order valence-corrected chi connectivity index (χ0v) is 19.0. The first kappa shape index (κ1) is 21.6. The van der Waals surface area contributed by atoms with Gasteiger partial charge in [0.15, 0.2) is 0 Å². The van der Waals surface area contributed by atoms with Gasteiger partial charge >= 0.3 is 0 Å². The van der Waals surface area contributed by atoms with Crippen LogP contribution < -0.4 is 0 Å². The van der Waals surface area contributed by atoms with E-state index in [2.05, 4.69) is 107 Å². The van der Waals surface area contributed by atoms with Gasteiger partial charge in [-0.1, -0.05) is 80.6 Å². The van der Waals surface area contributed by atoms with Crippen LogP contribution in [0, 0.1) is 20.8 Å². The van der Waals surface area contributed by atoms with E-state index < -0.39 is 0 Å². The summed E-state index contributed by atoms with van der Waals surface area (Å²) in [5, 5.41) is 0. The maximum atomic E-state index is 4.44. The minimum atomic E-state index is 0.979. The molecule has 0 saturated heterocycles. The van der Waals surface area contributed by atoms with E-state index in [9.17, 15) is 0 Å². The second kappa shape index (κ2) is 9.17. The van der Waals surface area contributed by atoms with Crippen molar-refractivity contribution in [2.75, 3.05) is 0 Å². The summed E-state index contributed by atoms with van der Waals surface area (Å²) in [5.41, 5.74) is 13.1. The van der Waals surface area contributed by atoms with Gasteiger partial charge in [0.1, 0.15) is 0 Å².